The first-order valence-electron chi connectivity index (χ1n) is 9.37. The van der Waals surface area contributed by atoms with Crippen molar-refractivity contribution in [2.24, 2.45) is 20.0 Å². The fourth-order valence-electron chi connectivity index (χ4n) is 3.28. The molecule has 5 nitrogen and oxygen atoms in total. The van der Waals surface area contributed by atoms with Gasteiger partial charge in [0.1, 0.15) is 5.65 Å². The lowest BCUT2D eigenvalue weighted by molar-refractivity contribution is -0.137. The van der Waals surface area contributed by atoms with E-state index < -0.39 is 23.0 Å². The first kappa shape index (κ1) is 22.1. The van der Waals surface area contributed by atoms with Crippen molar-refractivity contribution in [3.63, 3.8) is 0 Å². The van der Waals surface area contributed by atoms with Crippen molar-refractivity contribution in [3.05, 3.63) is 68.0 Å². The highest BCUT2D eigenvalue weighted by atomic mass is 32.2. The van der Waals surface area contributed by atoms with E-state index in [1.54, 1.807) is 19.3 Å². The Morgan fingerprint density at radius 3 is 2.47 bits per heavy atom. The molecule has 0 amide bonds. The number of pyridine rings is 1. The van der Waals surface area contributed by atoms with Crippen LogP contribution in [0.15, 0.2) is 44.9 Å². The predicted octanol–water partition coefficient (Wildman–Crippen LogP) is 4.14. The van der Waals surface area contributed by atoms with Crippen molar-refractivity contribution in [2.75, 3.05) is 0 Å². The number of benzene rings is 1. The van der Waals surface area contributed by atoms with E-state index in [0.717, 1.165) is 22.3 Å². The van der Waals surface area contributed by atoms with Gasteiger partial charge in [-0.1, -0.05) is 32.0 Å². The molecule has 3 rings (SSSR count). The van der Waals surface area contributed by atoms with Gasteiger partial charge in [0.15, 0.2) is 0 Å². The van der Waals surface area contributed by atoms with E-state index in [2.05, 4.69) is 4.98 Å². The molecule has 1 aromatic carbocycles. The molecule has 0 saturated heterocycles. The van der Waals surface area contributed by atoms with Crippen LogP contribution >= 0.6 is 11.8 Å². The zero-order valence-corrected chi connectivity index (χ0v) is 17.9. The molecule has 0 unspecified atom stereocenters. The summed E-state index contributed by atoms with van der Waals surface area (Å²) in [6, 6.07) is 5.15. The van der Waals surface area contributed by atoms with E-state index in [-0.39, 0.29) is 17.3 Å². The van der Waals surface area contributed by atoms with Crippen LogP contribution in [0.1, 0.15) is 30.5 Å². The summed E-state index contributed by atoms with van der Waals surface area (Å²) in [5.41, 5.74) is -0.0478. The van der Waals surface area contributed by atoms with Crippen molar-refractivity contribution in [1.29, 1.82) is 0 Å². The van der Waals surface area contributed by atoms with Gasteiger partial charge in [-0.15, -0.1) is 11.8 Å². The molecule has 2 aromatic heterocycles. The van der Waals surface area contributed by atoms with E-state index >= 15 is 0 Å². The van der Waals surface area contributed by atoms with Crippen LogP contribution in [0.3, 0.4) is 0 Å². The normalized spacial score (nSPS) is 12.1. The number of fused-ring (bicyclic) bond motifs is 1. The lowest BCUT2D eigenvalue weighted by atomic mass is 10.0. The second-order valence-electron chi connectivity index (χ2n) is 7.60. The lowest BCUT2D eigenvalue weighted by Crippen LogP contribution is -2.37. The smallest absolute Gasteiger partial charge is 0.280 e. The number of nitrogens with zero attached hydrogens (tertiary/aromatic N) is 3. The maximum atomic E-state index is 13.0. The van der Waals surface area contributed by atoms with Crippen LogP contribution in [0.25, 0.3) is 11.0 Å². The molecule has 0 fully saturated rings. The Morgan fingerprint density at radius 2 is 1.83 bits per heavy atom. The predicted molar refractivity (Wildman–Crippen MR) is 112 cm³/mol. The zero-order chi connectivity index (χ0) is 22.2. The minimum Gasteiger partial charge on any atom is -0.280 e. The summed E-state index contributed by atoms with van der Waals surface area (Å²) in [5, 5.41) is 0.315. The zero-order valence-electron chi connectivity index (χ0n) is 17.1. The molecule has 0 N–H and O–H groups in total. The van der Waals surface area contributed by atoms with Gasteiger partial charge >= 0.3 is 11.9 Å². The highest BCUT2D eigenvalue weighted by Crippen LogP contribution is 2.34. The van der Waals surface area contributed by atoms with Crippen LogP contribution in [-0.4, -0.2) is 14.1 Å². The Bertz CT molecular complexity index is 1210. The number of thioether (sulfide) groups is 1. The average Bonchev–Trinajstić information content (AvgIpc) is 2.68. The number of halogens is 3. The Hall–Kier alpha value is -2.55. The van der Waals surface area contributed by atoms with Gasteiger partial charge in [0.25, 0.3) is 5.56 Å². The summed E-state index contributed by atoms with van der Waals surface area (Å²) < 4.78 is 41.4. The van der Waals surface area contributed by atoms with E-state index in [4.69, 9.17) is 0 Å². The molecule has 9 heteroatoms. The highest BCUT2D eigenvalue weighted by Gasteiger charge is 2.30. The molecule has 3 aromatic rings. The van der Waals surface area contributed by atoms with Gasteiger partial charge in [-0.2, -0.15) is 13.2 Å². The number of alkyl halides is 3. The number of rotatable bonds is 5. The molecule has 30 heavy (non-hydrogen) atoms. The molecule has 160 valence electrons. The summed E-state index contributed by atoms with van der Waals surface area (Å²) in [5.74, 6) is 0.536. The topological polar surface area (TPSA) is 56.9 Å². The van der Waals surface area contributed by atoms with E-state index in [1.807, 2.05) is 13.8 Å². The average molecular weight is 437 g/mol. The first-order chi connectivity index (χ1) is 14.0. The van der Waals surface area contributed by atoms with E-state index in [1.165, 1.54) is 29.4 Å². The SMILES string of the molecule is CC(C)Cc1cnc2c(c1SCc1cccc(C(F)(F)F)c1)c(=O)n(C)c(=O)n2C. The van der Waals surface area contributed by atoms with Gasteiger partial charge < -0.3 is 0 Å². The third kappa shape index (κ3) is 4.30. The molecule has 0 bridgehead atoms. The second-order valence-corrected chi connectivity index (χ2v) is 8.59. The lowest BCUT2D eigenvalue weighted by Gasteiger charge is -2.16. The molecule has 0 aliphatic heterocycles. The monoisotopic (exact) mass is 437 g/mol. The van der Waals surface area contributed by atoms with E-state index in [0.29, 0.717) is 22.3 Å². The van der Waals surface area contributed by atoms with Crippen molar-refractivity contribution >= 4 is 22.8 Å². The minimum atomic E-state index is -4.42. The van der Waals surface area contributed by atoms with Crippen LogP contribution < -0.4 is 11.2 Å². The van der Waals surface area contributed by atoms with Gasteiger partial charge in [0, 0.05) is 30.9 Å². The molecule has 0 aliphatic rings. The van der Waals surface area contributed by atoms with Crippen molar-refractivity contribution in [3.8, 4) is 0 Å². The van der Waals surface area contributed by atoms with Gasteiger partial charge in [-0.25, -0.2) is 9.78 Å². The number of hydrogen-bond donors (Lipinski definition) is 0. The molecule has 0 spiro atoms. The summed E-state index contributed by atoms with van der Waals surface area (Å²) in [6.45, 7) is 4.06. The summed E-state index contributed by atoms with van der Waals surface area (Å²) in [6.07, 6.45) is -2.11. The fourth-order valence-corrected chi connectivity index (χ4v) is 4.42. The molecule has 0 radical (unpaired) electrons. The molecule has 0 saturated carbocycles. The molecule has 0 atom stereocenters. The van der Waals surface area contributed by atoms with Crippen LogP contribution in [0.4, 0.5) is 13.2 Å². The quantitative estimate of drug-likeness (QED) is 0.563. The maximum absolute atomic E-state index is 13.0. The maximum Gasteiger partial charge on any atom is 0.416 e. The Labute approximate surface area is 175 Å². The molecular weight excluding hydrogens is 415 g/mol. The van der Waals surface area contributed by atoms with Crippen LogP contribution in [0.2, 0.25) is 0 Å². The first-order valence-corrected chi connectivity index (χ1v) is 10.4. The van der Waals surface area contributed by atoms with Gasteiger partial charge in [0.2, 0.25) is 0 Å². The Kier molecular flexibility index (Phi) is 6.12. The van der Waals surface area contributed by atoms with Gasteiger partial charge in [0.05, 0.1) is 10.9 Å². The summed E-state index contributed by atoms with van der Waals surface area (Å²) >= 11 is 1.29. The molecular formula is C21H22F3N3O2S. The molecule has 0 aliphatic carbocycles. The van der Waals surface area contributed by atoms with E-state index in [9.17, 15) is 22.8 Å². The third-order valence-corrected chi connectivity index (χ3v) is 5.99. The number of aromatic nitrogens is 3. The number of aryl methyl sites for hydroxylation is 1. The minimum absolute atomic E-state index is 0.250. The largest absolute Gasteiger partial charge is 0.416 e. The Morgan fingerprint density at radius 1 is 1.13 bits per heavy atom. The van der Waals surface area contributed by atoms with Crippen LogP contribution in [-0.2, 0) is 32.4 Å². The highest BCUT2D eigenvalue weighted by molar-refractivity contribution is 7.98. The van der Waals surface area contributed by atoms with Crippen molar-refractivity contribution in [1.82, 2.24) is 14.1 Å². The second kappa shape index (κ2) is 8.29. The molecule has 2 heterocycles. The van der Waals surface area contributed by atoms with Crippen molar-refractivity contribution < 1.29 is 13.2 Å². The van der Waals surface area contributed by atoms with Crippen molar-refractivity contribution in [2.45, 2.75) is 37.1 Å². The Balaban J connectivity index is 2.13. The van der Waals surface area contributed by atoms with Crippen LogP contribution in [0.5, 0.6) is 0 Å². The summed E-state index contributed by atoms with van der Waals surface area (Å²) in [7, 11) is 2.95. The van der Waals surface area contributed by atoms with Gasteiger partial charge in [-0.3, -0.25) is 13.9 Å². The third-order valence-electron chi connectivity index (χ3n) is 4.76. The van der Waals surface area contributed by atoms with Gasteiger partial charge in [-0.05, 0) is 29.5 Å². The number of hydrogen-bond acceptors (Lipinski definition) is 4. The fraction of sp³-hybridized carbons (Fsp3) is 0.381. The standard InChI is InChI=1S/C21H22F3N3O2S/c1-12(2)8-14-10-25-18-16(19(28)27(4)20(29)26(18)3)17(14)30-11-13-6-5-7-15(9-13)21(22,23)24/h5-7,9-10,12H,8,11H2,1-4H3. The summed E-state index contributed by atoms with van der Waals surface area (Å²) in [4.78, 5) is 30.2. The van der Waals surface area contributed by atoms with Crippen LogP contribution in [0, 0.1) is 5.92 Å².